The monoisotopic (exact) mass is 386 g/mol. The maximum atomic E-state index is 6.09. The molecule has 0 bridgehead atoms. The lowest BCUT2D eigenvalue weighted by Gasteiger charge is -2.21. The van der Waals surface area contributed by atoms with Crippen LogP contribution in [0.2, 0.25) is 10.0 Å². The lowest BCUT2D eigenvalue weighted by Crippen LogP contribution is -2.40. The number of rotatable bonds is 6. The van der Waals surface area contributed by atoms with Crippen molar-refractivity contribution in [1.82, 2.24) is 15.2 Å². The van der Waals surface area contributed by atoms with E-state index in [0.717, 1.165) is 16.7 Å². The molecule has 0 spiro atoms. The summed E-state index contributed by atoms with van der Waals surface area (Å²) < 4.78 is 5.65. The molecular weight excluding hydrogens is 367 g/mol. The average molecular weight is 387 g/mol. The Kier molecular flexibility index (Phi) is 7.15. The molecule has 5 nitrogen and oxygen atoms in total. The van der Waals surface area contributed by atoms with E-state index in [2.05, 4.69) is 20.7 Å². The maximum absolute atomic E-state index is 6.09. The van der Waals surface area contributed by atoms with Gasteiger partial charge in [0.2, 0.25) is 0 Å². The molecule has 8 heteroatoms. The molecule has 0 radical (unpaired) electrons. The Morgan fingerprint density at radius 3 is 2.88 bits per heavy atom. The van der Waals surface area contributed by atoms with Crippen LogP contribution in [0.4, 0.5) is 0 Å². The van der Waals surface area contributed by atoms with Crippen LogP contribution < -0.4 is 10.1 Å². The fourth-order valence-electron chi connectivity index (χ4n) is 2.10. The van der Waals surface area contributed by atoms with Crippen molar-refractivity contribution in [2.24, 2.45) is 4.99 Å². The predicted molar refractivity (Wildman–Crippen MR) is 102 cm³/mol. The van der Waals surface area contributed by atoms with E-state index in [1.165, 1.54) is 0 Å². The van der Waals surface area contributed by atoms with Crippen LogP contribution in [-0.2, 0) is 6.54 Å². The third-order valence-electron chi connectivity index (χ3n) is 3.20. The Morgan fingerprint density at radius 1 is 1.42 bits per heavy atom. The molecule has 0 amide bonds. The number of hydrogen-bond acceptors (Lipinski definition) is 4. The minimum atomic E-state index is 0.430. The second-order valence-electron chi connectivity index (χ2n) is 5.09. The van der Waals surface area contributed by atoms with Crippen molar-refractivity contribution in [3.05, 3.63) is 44.3 Å². The Bertz CT molecular complexity index is 705. The summed E-state index contributed by atoms with van der Waals surface area (Å²) in [4.78, 5) is 10.7. The first-order valence-electron chi connectivity index (χ1n) is 7.41. The number of aromatic nitrogens is 1. The van der Waals surface area contributed by atoms with Gasteiger partial charge in [-0.15, -0.1) is 11.3 Å². The molecule has 0 saturated carbocycles. The van der Waals surface area contributed by atoms with Gasteiger partial charge in [0.15, 0.2) is 5.96 Å². The zero-order chi connectivity index (χ0) is 17.5. The molecule has 0 saturated heterocycles. The summed E-state index contributed by atoms with van der Waals surface area (Å²) in [5.41, 5.74) is 1.03. The Morgan fingerprint density at radius 2 is 2.21 bits per heavy atom. The number of hydrogen-bond donors (Lipinski definition) is 1. The molecule has 2 aromatic rings. The average Bonchev–Trinajstić information content (AvgIpc) is 2.96. The fourth-order valence-corrected chi connectivity index (χ4v) is 3.05. The number of halogens is 2. The summed E-state index contributed by atoms with van der Waals surface area (Å²) in [5, 5.41) is 7.29. The number of thiazole rings is 1. The van der Waals surface area contributed by atoms with Crippen molar-refractivity contribution in [3.63, 3.8) is 0 Å². The molecule has 0 atom stereocenters. The van der Waals surface area contributed by atoms with Gasteiger partial charge in [0, 0.05) is 19.5 Å². The standard InChI is InChI=1S/C16H20Cl2N4OS/c1-11-21-12(10-24-11)9-22(3)16(19-2)20-7-8-23-14-6-4-5-13(17)15(14)18/h4-6,10H,7-9H2,1-3H3,(H,19,20). The lowest BCUT2D eigenvalue weighted by atomic mass is 10.3. The first kappa shape index (κ1) is 18.8. The molecule has 2 rings (SSSR count). The summed E-state index contributed by atoms with van der Waals surface area (Å²) in [7, 11) is 3.72. The number of aryl methyl sites for hydroxylation is 1. The highest BCUT2D eigenvalue weighted by Crippen LogP contribution is 2.31. The van der Waals surface area contributed by atoms with Gasteiger partial charge in [0.25, 0.3) is 0 Å². The van der Waals surface area contributed by atoms with Crippen LogP contribution in [0.15, 0.2) is 28.6 Å². The minimum absolute atomic E-state index is 0.430. The molecule has 0 aliphatic rings. The third kappa shape index (κ3) is 5.26. The van der Waals surface area contributed by atoms with Crippen molar-refractivity contribution >= 4 is 40.5 Å². The van der Waals surface area contributed by atoms with Crippen LogP contribution in [0, 0.1) is 6.92 Å². The van der Waals surface area contributed by atoms with E-state index in [0.29, 0.717) is 35.5 Å². The quantitative estimate of drug-likeness (QED) is 0.465. The van der Waals surface area contributed by atoms with Gasteiger partial charge in [-0.05, 0) is 19.1 Å². The maximum Gasteiger partial charge on any atom is 0.193 e. The van der Waals surface area contributed by atoms with E-state index in [4.69, 9.17) is 27.9 Å². The number of aliphatic imine (C=N–C) groups is 1. The Hall–Kier alpha value is -1.50. The SMILES string of the molecule is CN=C(NCCOc1cccc(Cl)c1Cl)N(C)Cc1csc(C)n1. The Balaban J connectivity index is 1.80. The van der Waals surface area contributed by atoms with Gasteiger partial charge < -0.3 is 15.0 Å². The molecule has 0 fully saturated rings. The van der Waals surface area contributed by atoms with Crippen molar-refractivity contribution < 1.29 is 4.74 Å². The molecule has 24 heavy (non-hydrogen) atoms. The van der Waals surface area contributed by atoms with Crippen LogP contribution >= 0.6 is 34.5 Å². The van der Waals surface area contributed by atoms with Gasteiger partial charge in [-0.3, -0.25) is 4.99 Å². The smallest absolute Gasteiger partial charge is 0.193 e. The van der Waals surface area contributed by atoms with Crippen LogP contribution in [0.1, 0.15) is 10.7 Å². The van der Waals surface area contributed by atoms with Crippen LogP contribution in [0.5, 0.6) is 5.75 Å². The zero-order valence-corrected chi connectivity index (χ0v) is 16.2. The summed E-state index contributed by atoms with van der Waals surface area (Å²) >= 11 is 13.7. The first-order valence-corrected chi connectivity index (χ1v) is 9.04. The van der Waals surface area contributed by atoms with Crippen molar-refractivity contribution in [2.45, 2.75) is 13.5 Å². The Labute approximate surface area is 156 Å². The van der Waals surface area contributed by atoms with E-state index >= 15 is 0 Å². The minimum Gasteiger partial charge on any atom is -0.490 e. The van der Waals surface area contributed by atoms with Gasteiger partial charge in [-0.2, -0.15) is 0 Å². The number of benzene rings is 1. The zero-order valence-electron chi connectivity index (χ0n) is 13.8. The predicted octanol–water partition coefficient (Wildman–Crippen LogP) is 3.84. The van der Waals surface area contributed by atoms with Crippen LogP contribution in [0.3, 0.4) is 0 Å². The second-order valence-corrected chi connectivity index (χ2v) is 6.94. The van der Waals surface area contributed by atoms with Crippen LogP contribution in [0.25, 0.3) is 0 Å². The normalized spacial score (nSPS) is 11.5. The molecule has 130 valence electrons. The van der Waals surface area contributed by atoms with E-state index in [9.17, 15) is 0 Å². The summed E-state index contributed by atoms with van der Waals surface area (Å²) in [6.45, 7) is 3.74. The third-order valence-corrected chi connectivity index (χ3v) is 4.82. The van der Waals surface area contributed by atoms with Crippen molar-refractivity contribution in [1.29, 1.82) is 0 Å². The molecule has 1 aromatic heterocycles. The van der Waals surface area contributed by atoms with Gasteiger partial charge in [-0.25, -0.2) is 4.98 Å². The van der Waals surface area contributed by atoms with E-state index < -0.39 is 0 Å². The molecular formula is C16H20Cl2N4OS. The summed E-state index contributed by atoms with van der Waals surface area (Å²) in [6, 6.07) is 5.32. The molecule has 1 heterocycles. The molecule has 0 aliphatic carbocycles. The van der Waals surface area contributed by atoms with E-state index in [1.807, 2.05) is 18.9 Å². The van der Waals surface area contributed by atoms with Crippen molar-refractivity contribution in [2.75, 3.05) is 27.2 Å². The second kappa shape index (κ2) is 9.11. The largest absolute Gasteiger partial charge is 0.490 e. The molecule has 1 N–H and O–H groups in total. The number of nitrogens with one attached hydrogen (secondary N) is 1. The van der Waals surface area contributed by atoms with Gasteiger partial charge in [0.05, 0.1) is 28.8 Å². The van der Waals surface area contributed by atoms with E-state index in [1.54, 1.807) is 36.6 Å². The topological polar surface area (TPSA) is 49.8 Å². The van der Waals surface area contributed by atoms with Gasteiger partial charge >= 0.3 is 0 Å². The fraction of sp³-hybridized carbons (Fsp3) is 0.375. The number of guanidine groups is 1. The highest BCUT2D eigenvalue weighted by atomic mass is 35.5. The highest BCUT2D eigenvalue weighted by molar-refractivity contribution is 7.09. The summed E-state index contributed by atoms with van der Waals surface area (Å²) in [6.07, 6.45) is 0. The van der Waals surface area contributed by atoms with Gasteiger partial charge in [-0.1, -0.05) is 29.3 Å². The van der Waals surface area contributed by atoms with Crippen molar-refractivity contribution in [3.8, 4) is 5.75 Å². The molecule has 0 aliphatic heterocycles. The van der Waals surface area contributed by atoms with Crippen LogP contribution in [-0.4, -0.2) is 43.1 Å². The summed E-state index contributed by atoms with van der Waals surface area (Å²) in [5.74, 6) is 1.36. The van der Waals surface area contributed by atoms with Gasteiger partial charge in [0.1, 0.15) is 17.4 Å². The number of ether oxygens (including phenoxy) is 1. The lowest BCUT2D eigenvalue weighted by molar-refractivity contribution is 0.319. The number of nitrogens with zero attached hydrogens (tertiary/aromatic N) is 3. The van der Waals surface area contributed by atoms with E-state index in [-0.39, 0.29) is 0 Å². The highest BCUT2D eigenvalue weighted by Gasteiger charge is 2.09. The molecule has 0 unspecified atom stereocenters. The molecule has 1 aromatic carbocycles. The first-order chi connectivity index (χ1) is 11.5.